The van der Waals surface area contributed by atoms with Crippen molar-refractivity contribution in [3.63, 3.8) is 0 Å². The molecule has 170 valence electrons. The van der Waals surface area contributed by atoms with E-state index >= 15 is 4.39 Å². The zero-order valence-corrected chi connectivity index (χ0v) is 18.5. The highest BCUT2D eigenvalue weighted by Crippen LogP contribution is 2.30. The van der Waals surface area contributed by atoms with Crippen LogP contribution in [0.4, 0.5) is 10.2 Å². The third-order valence-corrected chi connectivity index (χ3v) is 5.47. The smallest absolute Gasteiger partial charge is 0.256 e. The van der Waals surface area contributed by atoms with Gasteiger partial charge in [-0.1, -0.05) is 25.1 Å². The number of fused-ring (bicyclic) bond motifs is 1. The summed E-state index contributed by atoms with van der Waals surface area (Å²) in [6, 6.07) is 9.85. The number of nitrogens with one attached hydrogen (secondary N) is 2. The molecule has 1 atom stereocenters. The number of amidine groups is 1. The molecule has 1 aliphatic rings. The Morgan fingerprint density at radius 3 is 2.88 bits per heavy atom. The van der Waals surface area contributed by atoms with Gasteiger partial charge in [0.15, 0.2) is 5.82 Å². The van der Waals surface area contributed by atoms with E-state index in [-0.39, 0.29) is 23.2 Å². The number of rotatable bonds is 7. The SMILES string of the molecule is CCC[NH2+]c1nc(-c2cnn3c2CC(OC)C=C3)c(F)cc1C(=N)NC(=O)c1ccccc1. The normalized spacial score (nSPS) is 14.7. The average molecular weight is 450 g/mol. The molecule has 8 nitrogen and oxygen atoms in total. The van der Waals surface area contributed by atoms with E-state index in [4.69, 9.17) is 10.1 Å². The number of quaternary nitrogens is 1. The summed E-state index contributed by atoms with van der Waals surface area (Å²) < 4.78 is 22.4. The summed E-state index contributed by atoms with van der Waals surface area (Å²) in [5, 5.41) is 17.2. The minimum atomic E-state index is -0.586. The zero-order valence-electron chi connectivity index (χ0n) is 18.5. The Morgan fingerprint density at radius 2 is 2.15 bits per heavy atom. The molecule has 1 unspecified atom stereocenters. The van der Waals surface area contributed by atoms with Gasteiger partial charge < -0.3 is 10.1 Å². The van der Waals surface area contributed by atoms with E-state index in [9.17, 15) is 4.79 Å². The number of hydrogen-bond acceptors (Lipinski definition) is 5. The lowest BCUT2D eigenvalue weighted by atomic mass is 10.0. The number of carbonyl (C=O) groups is 1. The molecule has 33 heavy (non-hydrogen) atoms. The van der Waals surface area contributed by atoms with Gasteiger partial charge in [0.05, 0.1) is 24.5 Å². The maximum atomic E-state index is 15.3. The van der Waals surface area contributed by atoms with Crippen molar-refractivity contribution in [2.75, 3.05) is 13.7 Å². The van der Waals surface area contributed by atoms with Crippen LogP contribution in [0.2, 0.25) is 0 Å². The van der Waals surface area contributed by atoms with Crippen molar-refractivity contribution < 1.29 is 19.2 Å². The molecule has 4 rings (SSSR count). The van der Waals surface area contributed by atoms with E-state index in [2.05, 4.69) is 15.4 Å². The molecule has 0 spiro atoms. The van der Waals surface area contributed by atoms with Crippen molar-refractivity contribution >= 4 is 23.8 Å². The predicted octanol–water partition coefficient (Wildman–Crippen LogP) is 2.49. The summed E-state index contributed by atoms with van der Waals surface area (Å²) in [4.78, 5) is 17.1. The van der Waals surface area contributed by atoms with Gasteiger partial charge in [0, 0.05) is 30.9 Å². The van der Waals surface area contributed by atoms with Crippen molar-refractivity contribution in [1.82, 2.24) is 20.1 Å². The number of ether oxygens (including phenoxy) is 1. The number of halogens is 1. The van der Waals surface area contributed by atoms with Crippen LogP contribution in [0.3, 0.4) is 0 Å². The largest absolute Gasteiger partial charge is 0.377 e. The Kier molecular flexibility index (Phi) is 6.71. The lowest BCUT2D eigenvalue weighted by Gasteiger charge is -2.18. The van der Waals surface area contributed by atoms with Crippen LogP contribution in [0.1, 0.15) is 35.0 Å². The molecular formula is C24H26FN6O2+. The highest BCUT2D eigenvalue weighted by atomic mass is 19.1. The van der Waals surface area contributed by atoms with Gasteiger partial charge in [-0.2, -0.15) is 10.1 Å². The van der Waals surface area contributed by atoms with Crippen LogP contribution < -0.4 is 10.6 Å². The van der Waals surface area contributed by atoms with Crippen molar-refractivity contribution in [3.05, 3.63) is 71.3 Å². The van der Waals surface area contributed by atoms with Crippen molar-refractivity contribution in [3.8, 4) is 11.3 Å². The van der Waals surface area contributed by atoms with Crippen LogP contribution >= 0.6 is 0 Å². The Labute approximate surface area is 191 Å². The summed E-state index contributed by atoms with van der Waals surface area (Å²) in [5.41, 5.74) is 2.19. The van der Waals surface area contributed by atoms with Crippen molar-refractivity contribution in [1.29, 1.82) is 5.41 Å². The minimum absolute atomic E-state index is 0.122. The molecular weight excluding hydrogens is 423 g/mol. The Balaban J connectivity index is 1.69. The lowest BCUT2D eigenvalue weighted by Crippen LogP contribution is -2.79. The molecule has 0 fully saturated rings. The molecule has 0 radical (unpaired) electrons. The quantitative estimate of drug-likeness (QED) is 0.380. The second-order valence-electron chi connectivity index (χ2n) is 7.71. The fourth-order valence-electron chi connectivity index (χ4n) is 3.69. The molecule has 4 N–H and O–H groups in total. The first kappa shape index (κ1) is 22.5. The number of methoxy groups -OCH3 is 1. The van der Waals surface area contributed by atoms with Gasteiger partial charge in [-0.3, -0.25) is 15.5 Å². The molecule has 1 amide bonds. The summed E-state index contributed by atoms with van der Waals surface area (Å²) in [5.74, 6) is -0.781. The first-order valence-electron chi connectivity index (χ1n) is 10.8. The number of nitrogens with two attached hydrogens (primary N) is 1. The predicted molar refractivity (Wildman–Crippen MR) is 123 cm³/mol. The number of nitrogens with zero attached hydrogens (tertiary/aromatic N) is 3. The van der Waals surface area contributed by atoms with Crippen molar-refractivity contribution in [2.45, 2.75) is 25.9 Å². The standard InChI is InChI=1S/C24H25FN6O2/c1-3-10-27-23-17(22(26)30-24(32)15-7-5-4-6-8-15)13-19(25)21(29-23)18-14-28-31-11-9-16(33-2)12-20(18)31/h4-9,11,13-14,16H,3,10,12H2,1-2H3,(H,27,29)(H2,26,30,32)/p+1. The maximum absolute atomic E-state index is 15.3. The fourth-order valence-corrected chi connectivity index (χ4v) is 3.69. The first-order valence-corrected chi connectivity index (χ1v) is 10.8. The number of carbonyl (C=O) groups excluding carboxylic acids is 1. The monoisotopic (exact) mass is 449 g/mol. The summed E-state index contributed by atoms with van der Waals surface area (Å²) >= 11 is 0. The Morgan fingerprint density at radius 1 is 1.36 bits per heavy atom. The van der Waals surface area contributed by atoms with E-state index in [0.717, 1.165) is 12.1 Å². The van der Waals surface area contributed by atoms with Crippen LogP contribution in [-0.2, 0) is 11.2 Å². The number of aromatic nitrogens is 3. The molecule has 0 saturated heterocycles. The van der Waals surface area contributed by atoms with Crippen molar-refractivity contribution in [2.24, 2.45) is 0 Å². The van der Waals surface area contributed by atoms with Crippen LogP contribution in [0.15, 0.2) is 48.7 Å². The molecule has 0 bridgehead atoms. The third-order valence-electron chi connectivity index (χ3n) is 5.47. The van der Waals surface area contributed by atoms with Crippen LogP contribution in [0.25, 0.3) is 17.5 Å². The van der Waals surface area contributed by atoms with Gasteiger partial charge in [0.2, 0.25) is 5.82 Å². The highest BCUT2D eigenvalue weighted by Gasteiger charge is 2.25. The first-order chi connectivity index (χ1) is 16.0. The Hall–Kier alpha value is -3.69. The zero-order chi connectivity index (χ0) is 23.4. The Bertz CT molecular complexity index is 1210. The van der Waals surface area contributed by atoms with Gasteiger partial charge in [0.25, 0.3) is 5.91 Å². The van der Waals surface area contributed by atoms with Gasteiger partial charge >= 0.3 is 0 Å². The second kappa shape index (κ2) is 9.85. The van der Waals surface area contributed by atoms with Crippen LogP contribution in [0.5, 0.6) is 0 Å². The number of hydrogen-bond donors (Lipinski definition) is 3. The molecule has 0 saturated carbocycles. The summed E-state index contributed by atoms with van der Waals surface area (Å²) in [7, 11) is 1.63. The van der Waals surface area contributed by atoms with Gasteiger partial charge in [0.1, 0.15) is 17.1 Å². The van der Waals surface area contributed by atoms with E-state index in [1.807, 2.05) is 18.3 Å². The summed E-state index contributed by atoms with van der Waals surface area (Å²) in [6.07, 6.45) is 6.57. The van der Waals surface area contributed by atoms with E-state index in [1.54, 1.807) is 54.5 Å². The second-order valence-corrected chi connectivity index (χ2v) is 7.71. The molecule has 3 heterocycles. The van der Waals surface area contributed by atoms with Gasteiger partial charge in [-0.15, -0.1) is 0 Å². The molecule has 3 aromatic rings. The third kappa shape index (κ3) is 4.74. The number of pyridine rings is 1. The highest BCUT2D eigenvalue weighted by molar-refractivity contribution is 6.12. The topological polar surface area (TPSA) is 110 Å². The number of amides is 1. The number of benzene rings is 1. The van der Waals surface area contributed by atoms with E-state index in [1.165, 1.54) is 6.07 Å². The molecule has 0 aliphatic carbocycles. The van der Waals surface area contributed by atoms with Crippen LogP contribution in [-0.4, -0.2) is 46.3 Å². The lowest BCUT2D eigenvalue weighted by molar-refractivity contribution is -0.575. The van der Waals surface area contributed by atoms with E-state index < -0.39 is 11.7 Å². The molecule has 2 aromatic heterocycles. The molecule has 1 aliphatic heterocycles. The van der Waals surface area contributed by atoms with Gasteiger partial charge in [-0.05, 0) is 30.7 Å². The minimum Gasteiger partial charge on any atom is -0.377 e. The maximum Gasteiger partial charge on any atom is 0.256 e. The van der Waals surface area contributed by atoms with E-state index in [0.29, 0.717) is 29.9 Å². The summed E-state index contributed by atoms with van der Waals surface area (Å²) in [6.45, 7) is 2.72. The van der Waals surface area contributed by atoms with Crippen LogP contribution in [0, 0.1) is 11.2 Å². The van der Waals surface area contributed by atoms with Gasteiger partial charge in [-0.25, -0.2) is 9.07 Å². The average Bonchev–Trinajstić information content (AvgIpc) is 3.26. The molecule has 9 heteroatoms. The molecule has 1 aromatic carbocycles. The fraction of sp³-hybridized carbons (Fsp3) is 0.250.